The fraction of sp³-hybridized carbons (Fsp3) is 0.100. The average Bonchev–Trinajstić information content (AvgIpc) is 3.16. The van der Waals surface area contributed by atoms with Crippen molar-refractivity contribution < 1.29 is 14.3 Å². The quantitative estimate of drug-likeness (QED) is 0.448. The molecule has 0 unspecified atom stereocenters. The van der Waals surface area contributed by atoms with Gasteiger partial charge in [0.25, 0.3) is 0 Å². The second-order valence-electron chi connectivity index (χ2n) is 5.60. The highest BCUT2D eigenvalue weighted by Crippen LogP contribution is 2.31. The van der Waals surface area contributed by atoms with Crippen LogP contribution in [0.1, 0.15) is 16.1 Å². The molecule has 5 nitrogen and oxygen atoms in total. The number of nitrogens with zero attached hydrogens (tertiary/aromatic N) is 1. The molecule has 0 saturated heterocycles. The van der Waals surface area contributed by atoms with Gasteiger partial charge in [-0.3, -0.25) is 9.89 Å². The first-order chi connectivity index (χ1) is 13.0. The molecule has 0 aliphatic carbocycles. The Bertz CT molecular complexity index is 1010. The van der Waals surface area contributed by atoms with Gasteiger partial charge in [-0.25, -0.2) is 0 Å². The normalized spacial score (nSPS) is 11.0. The van der Waals surface area contributed by atoms with Crippen molar-refractivity contribution in [3.05, 3.63) is 69.8 Å². The molecular weight excluding hydrogens is 387 g/mol. The van der Waals surface area contributed by atoms with E-state index in [2.05, 4.69) is 10.2 Å². The van der Waals surface area contributed by atoms with Gasteiger partial charge >= 0.3 is 0 Å². The van der Waals surface area contributed by atoms with E-state index < -0.39 is 0 Å². The van der Waals surface area contributed by atoms with Crippen LogP contribution >= 0.6 is 23.2 Å². The van der Waals surface area contributed by atoms with Gasteiger partial charge in [-0.05, 0) is 54.6 Å². The zero-order valence-electron chi connectivity index (χ0n) is 14.6. The molecule has 0 saturated carbocycles. The van der Waals surface area contributed by atoms with Crippen LogP contribution in [0, 0.1) is 0 Å². The van der Waals surface area contributed by atoms with E-state index in [9.17, 15) is 4.79 Å². The van der Waals surface area contributed by atoms with Gasteiger partial charge < -0.3 is 9.47 Å². The fourth-order valence-electron chi connectivity index (χ4n) is 2.48. The number of allylic oxidation sites excluding steroid dienone is 1. The number of hydrogen-bond donors (Lipinski definition) is 1. The number of benzene rings is 2. The van der Waals surface area contributed by atoms with Crippen LogP contribution in [-0.4, -0.2) is 30.2 Å². The highest BCUT2D eigenvalue weighted by atomic mass is 35.5. The molecule has 3 rings (SSSR count). The summed E-state index contributed by atoms with van der Waals surface area (Å²) in [5.74, 6) is 1.07. The van der Waals surface area contributed by atoms with E-state index in [4.69, 9.17) is 32.7 Å². The van der Waals surface area contributed by atoms with E-state index in [1.807, 2.05) is 24.3 Å². The smallest absolute Gasteiger partial charge is 0.185 e. The molecule has 7 heteroatoms. The first kappa shape index (κ1) is 19.0. The summed E-state index contributed by atoms with van der Waals surface area (Å²) in [6, 6.07) is 12.1. The number of aromatic amines is 1. The summed E-state index contributed by atoms with van der Waals surface area (Å²) < 4.78 is 10.5. The maximum absolute atomic E-state index is 12.3. The molecule has 138 valence electrons. The highest BCUT2D eigenvalue weighted by molar-refractivity contribution is 6.42. The van der Waals surface area contributed by atoms with Crippen molar-refractivity contribution >= 4 is 35.1 Å². The van der Waals surface area contributed by atoms with Gasteiger partial charge in [-0.15, -0.1) is 0 Å². The van der Waals surface area contributed by atoms with Crippen LogP contribution in [0.5, 0.6) is 11.5 Å². The number of halogens is 2. The lowest BCUT2D eigenvalue weighted by molar-refractivity contribution is 0.104. The average molecular weight is 403 g/mol. The number of H-pyrrole nitrogens is 1. The lowest BCUT2D eigenvalue weighted by Gasteiger charge is -2.08. The molecule has 0 bridgehead atoms. The summed E-state index contributed by atoms with van der Waals surface area (Å²) in [6.45, 7) is 0. The summed E-state index contributed by atoms with van der Waals surface area (Å²) in [5.41, 5.74) is 2.73. The van der Waals surface area contributed by atoms with Crippen LogP contribution in [0.3, 0.4) is 0 Å². The number of aromatic nitrogens is 2. The van der Waals surface area contributed by atoms with Crippen molar-refractivity contribution in [3.63, 3.8) is 0 Å². The minimum absolute atomic E-state index is 0.184. The topological polar surface area (TPSA) is 64.2 Å². The van der Waals surface area contributed by atoms with Gasteiger partial charge in [-0.1, -0.05) is 23.2 Å². The number of carbonyl (C=O) groups is 1. The van der Waals surface area contributed by atoms with E-state index in [-0.39, 0.29) is 5.78 Å². The molecular formula is C20H16Cl2N2O3. The van der Waals surface area contributed by atoms with Crippen molar-refractivity contribution in [2.24, 2.45) is 0 Å². The Labute approximate surface area is 166 Å². The van der Waals surface area contributed by atoms with E-state index in [0.29, 0.717) is 32.8 Å². The Morgan fingerprint density at radius 2 is 1.78 bits per heavy atom. The molecule has 0 amide bonds. The summed E-state index contributed by atoms with van der Waals surface area (Å²) in [6.07, 6.45) is 3.10. The lowest BCUT2D eigenvalue weighted by atomic mass is 10.1. The maximum atomic E-state index is 12.3. The van der Waals surface area contributed by atoms with Crippen LogP contribution in [0.15, 0.2) is 48.5 Å². The molecule has 0 radical (unpaired) electrons. The molecule has 0 fully saturated rings. The minimum Gasteiger partial charge on any atom is -0.493 e. The molecule has 2 aromatic carbocycles. The molecule has 0 aliphatic heterocycles. The van der Waals surface area contributed by atoms with Gasteiger partial charge in [0.1, 0.15) is 0 Å². The Hall–Kier alpha value is -2.76. The standard InChI is InChI=1S/C20H16Cl2N2O3/c1-26-19-8-4-12(10-20(19)27-2)17-11-14(23-24-17)5-7-18(25)13-3-6-15(21)16(22)9-13/h3-11H,1-2H3,(H,23,24)/b7-5+. The summed E-state index contributed by atoms with van der Waals surface area (Å²) in [5, 5.41) is 7.91. The van der Waals surface area contributed by atoms with E-state index >= 15 is 0 Å². The van der Waals surface area contributed by atoms with Gasteiger partial charge in [0, 0.05) is 11.1 Å². The first-order valence-corrected chi connectivity index (χ1v) is 8.72. The number of ketones is 1. The first-order valence-electron chi connectivity index (χ1n) is 7.97. The van der Waals surface area contributed by atoms with Crippen LogP contribution in [-0.2, 0) is 0 Å². The molecule has 1 heterocycles. The number of rotatable bonds is 6. The molecule has 0 aliphatic rings. The lowest BCUT2D eigenvalue weighted by Crippen LogP contribution is -1.93. The third-order valence-electron chi connectivity index (χ3n) is 3.90. The summed E-state index contributed by atoms with van der Waals surface area (Å²) in [7, 11) is 3.16. The third-order valence-corrected chi connectivity index (χ3v) is 4.63. The van der Waals surface area contributed by atoms with E-state index in [0.717, 1.165) is 11.3 Å². The van der Waals surface area contributed by atoms with Gasteiger partial charge in [-0.2, -0.15) is 5.10 Å². The molecule has 1 aromatic heterocycles. The van der Waals surface area contributed by atoms with Crippen LogP contribution in [0.25, 0.3) is 17.3 Å². The number of methoxy groups -OCH3 is 2. The third kappa shape index (κ3) is 4.32. The zero-order chi connectivity index (χ0) is 19.4. The van der Waals surface area contributed by atoms with Crippen molar-refractivity contribution in [2.75, 3.05) is 14.2 Å². The van der Waals surface area contributed by atoms with E-state index in [1.54, 1.807) is 38.5 Å². The van der Waals surface area contributed by atoms with Gasteiger partial charge in [0.15, 0.2) is 17.3 Å². The Morgan fingerprint density at radius 3 is 2.48 bits per heavy atom. The minimum atomic E-state index is -0.184. The second-order valence-corrected chi connectivity index (χ2v) is 6.42. The van der Waals surface area contributed by atoms with Gasteiger partial charge in [0.2, 0.25) is 0 Å². The van der Waals surface area contributed by atoms with Crippen molar-refractivity contribution in [3.8, 4) is 22.8 Å². The van der Waals surface area contributed by atoms with Gasteiger partial charge in [0.05, 0.1) is 35.7 Å². The SMILES string of the molecule is COc1ccc(-c2cc(/C=C/C(=O)c3ccc(Cl)c(Cl)c3)[nH]n2)cc1OC. The molecule has 0 atom stereocenters. The molecule has 1 N–H and O–H groups in total. The van der Waals surface area contributed by atoms with E-state index in [1.165, 1.54) is 6.08 Å². The largest absolute Gasteiger partial charge is 0.493 e. The fourth-order valence-corrected chi connectivity index (χ4v) is 2.77. The zero-order valence-corrected chi connectivity index (χ0v) is 16.1. The summed E-state index contributed by atoms with van der Waals surface area (Å²) >= 11 is 11.8. The maximum Gasteiger partial charge on any atom is 0.185 e. The van der Waals surface area contributed by atoms with Crippen molar-refractivity contribution in [1.29, 1.82) is 0 Å². The monoisotopic (exact) mass is 402 g/mol. The Morgan fingerprint density at radius 1 is 1.00 bits per heavy atom. The number of carbonyl (C=O) groups excluding carboxylic acids is 1. The Balaban J connectivity index is 1.78. The number of nitrogens with one attached hydrogen (secondary N) is 1. The van der Waals surface area contributed by atoms with Crippen molar-refractivity contribution in [2.45, 2.75) is 0 Å². The number of ether oxygens (including phenoxy) is 2. The summed E-state index contributed by atoms with van der Waals surface area (Å²) in [4.78, 5) is 12.3. The second kappa shape index (κ2) is 8.29. The Kier molecular flexibility index (Phi) is 5.84. The van der Waals surface area contributed by atoms with Crippen LogP contribution in [0.4, 0.5) is 0 Å². The molecule has 0 spiro atoms. The highest BCUT2D eigenvalue weighted by Gasteiger charge is 2.09. The van der Waals surface area contributed by atoms with Crippen LogP contribution < -0.4 is 9.47 Å². The van der Waals surface area contributed by atoms with Crippen LogP contribution in [0.2, 0.25) is 10.0 Å². The van der Waals surface area contributed by atoms with Crippen molar-refractivity contribution in [1.82, 2.24) is 10.2 Å². The molecule has 27 heavy (non-hydrogen) atoms. The molecule has 3 aromatic rings. The predicted octanol–water partition coefficient (Wildman–Crippen LogP) is 5.30. The predicted molar refractivity (Wildman–Crippen MR) is 107 cm³/mol. The number of hydrogen-bond acceptors (Lipinski definition) is 4.